The van der Waals surface area contributed by atoms with E-state index < -0.39 is 6.10 Å². The number of hydrogen-bond donors (Lipinski definition) is 1. The van der Waals surface area contributed by atoms with E-state index in [1.165, 1.54) is 30.3 Å². The number of ketones is 1. The van der Waals surface area contributed by atoms with Gasteiger partial charge in [-0.25, -0.2) is 4.39 Å². The highest BCUT2D eigenvalue weighted by molar-refractivity contribution is 6.07. The number of halogens is 1. The maximum atomic E-state index is 12.8. The van der Waals surface area contributed by atoms with E-state index in [9.17, 15) is 14.3 Å². The normalized spacial score (nSPS) is 17.4. The Bertz CT molecular complexity index is 619. The zero-order chi connectivity index (χ0) is 12.7. The average Bonchev–Trinajstić information content (AvgIpc) is 2.69. The fourth-order valence-electron chi connectivity index (χ4n) is 2.03. The Kier molecular flexibility index (Phi) is 2.30. The highest BCUT2D eigenvalue weighted by Gasteiger charge is 2.35. The molecule has 90 valence electrons. The molecule has 18 heavy (non-hydrogen) atoms. The Balaban J connectivity index is 2.02. The van der Waals surface area contributed by atoms with E-state index in [0.29, 0.717) is 11.3 Å². The van der Waals surface area contributed by atoms with Crippen LogP contribution in [0.15, 0.2) is 42.5 Å². The van der Waals surface area contributed by atoms with Gasteiger partial charge >= 0.3 is 0 Å². The van der Waals surface area contributed by atoms with Gasteiger partial charge in [0.1, 0.15) is 22.9 Å². The van der Waals surface area contributed by atoms with Crippen molar-refractivity contribution in [2.75, 3.05) is 0 Å². The van der Waals surface area contributed by atoms with E-state index in [4.69, 9.17) is 4.74 Å². The molecule has 1 atom stereocenters. The number of phenols is 1. The van der Waals surface area contributed by atoms with Crippen molar-refractivity contribution >= 4 is 5.78 Å². The Morgan fingerprint density at radius 2 is 1.83 bits per heavy atom. The molecule has 0 saturated heterocycles. The van der Waals surface area contributed by atoms with Crippen LogP contribution in [0.25, 0.3) is 0 Å². The lowest BCUT2D eigenvalue weighted by atomic mass is 10.0. The summed E-state index contributed by atoms with van der Waals surface area (Å²) in [6.07, 6.45) is -0.811. The van der Waals surface area contributed by atoms with Gasteiger partial charge in [0.05, 0.1) is 0 Å². The van der Waals surface area contributed by atoms with Gasteiger partial charge in [0.15, 0.2) is 6.10 Å². The van der Waals surface area contributed by atoms with Crippen LogP contribution in [0.2, 0.25) is 0 Å². The zero-order valence-electron chi connectivity index (χ0n) is 9.26. The molecular formula is C14H9FO3. The smallest absolute Gasteiger partial charge is 0.215 e. The van der Waals surface area contributed by atoms with Crippen LogP contribution < -0.4 is 4.74 Å². The molecule has 0 fully saturated rings. The first-order valence-electron chi connectivity index (χ1n) is 5.45. The van der Waals surface area contributed by atoms with Crippen LogP contribution in [0, 0.1) is 5.82 Å². The molecule has 0 aromatic heterocycles. The lowest BCUT2D eigenvalue weighted by Gasteiger charge is -2.09. The summed E-state index contributed by atoms with van der Waals surface area (Å²) in [5.41, 5.74) is 0.754. The first-order chi connectivity index (χ1) is 8.66. The van der Waals surface area contributed by atoms with E-state index >= 15 is 0 Å². The minimum atomic E-state index is -0.811. The molecule has 3 rings (SSSR count). The molecule has 4 heteroatoms. The quantitative estimate of drug-likeness (QED) is 0.839. The topological polar surface area (TPSA) is 46.5 Å². The number of rotatable bonds is 1. The number of hydrogen-bond acceptors (Lipinski definition) is 3. The second-order valence-electron chi connectivity index (χ2n) is 4.06. The van der Waals surface area contributed by atoms with Crippen molar-refractivity contribution in [3.8, 4) is 11.5 Å². The number of ether oxygens (including phenoxy) is 1. The van der Waals surface area contributed by atoms with Crippen molar-refractivity contribution in [2.24, 2.45) is 0 Å². The average molecular weight is 244 g/mol. The summed E-state index contributed by atoms with van der Waals surface area (Å²) < 4.78 is 18.3. The van der Waals surface area contributed by atoms with Gasteiger partial charge < -0.3 is 9.84 Å². The first-order valence-corrected chi connectivity index (χ1v) is 5.45. The van der Waals surface area contributed by atoms with Crippen molar-refractivity contribution in [3.05, 3.63) is 59.4 Å². The molecule has 1 unspecified atom stereocenters. The summed E-state index contributed by atoms with van der Waals surface area (Å²) >= 11 is 0. The summed E-state index contributed by atoms with van der Waals surface area (Å²) in [6.45, 7) is 0. The number of Topliss-reactive ketones (excluding diaryl/α,β-unsaturated/α-hetero) is 1. The van der Waals surface area contributed by atoms with E-state index in [2.05, 4.69) is 0 Å². The lowest BCUT2D eigenvalue weighted by Crippen LogP contribution is -2.10. The van der Waals surface area contributed by atoms with Crippen LogP contribution in [0.5, 0.6) is 11.5 Å². The molecule has 2 aromatic rings. The summed E-state index contributed by atoms with van der Waals surface area (Å²) in [6, 6.07) is 10.2. The maximum Gasteiger partial charge on any atom is 0.215 e. The molecule has 0 spiro atoms. The molecule has 0 bridgehead atoms. The second kappa shape index (κ2) is 3.84. The van der Waals surface area contributed by atoms with Gasteiger partial charge in [0.2, 0.25) is 5.78 Å². The summed E-state index contributed by atoms with van der Waals surface area (Å²) in [5.74, 6) is -0.421. The van der Waals surface area contributed by atoms with Crippen LogP contribution in [0.1, 0.15) is 22.0 Å². The van der Waals surface area contributed by atoms with Gasteiger partial charge in [0, 0.05) is 5.56 Å². The largest absolute Gasteiger partial charge is 0.507 e. The maximum absolute atomic E-state index is 12.8. The van der Waals surface area contributed by atoms with E-state index in [1.807, 2.05) is 0 Å². The van der Waals surface area contributed by atoms with Crippen LogP contribution in [-0.2, 0) is 0 Å². The number of phenolic OH excluding ortho intramolecular Hbond substituents is 1. The molecule has 1 N–H and O–H groups in total. The number of aromatic hydroxyl groups is 1. The van der Waals surface area contributed by atoms with Gasteiger partial charge in [-0.2, -0.15) is 0 Å². The monoisotopic (exact) mass is 244 g/mol. The summed E-state index contributed by atoms with van der Waals surface area (Å²) in [4.78, 5) is 12.1. The van der Waals surface area contributed by atoms with E-state index in [1.54, 1.807) is 12.1 Å². The Morgan fingerprint density at radius 1 is 1.11 bits per heavy atom. The highest BCUT2D eigenvalue weighted by atomic mass is 19.1. The van der Waals surface area contributed by atoms with Gasteiger partial charge in [-0.3, -0.25) is 4.79 Å². The van der Waals surface area contributed by atoms with Crippen LogP contribution in [-0.4, -0.2) is 10.9 Å². The van der Waals surface area contributed by atoms with Crippen molar-refractivity contribution < 1.29 is 19.0 Å². The molecule has 0 amide bonds. The SMILES string of the molecule is O=C1c2c(O)cccc2OC1c1ccc(F)cc1. The molecule has 1 aliphatic rings. The molecule has 0 saturated carbocycles. The number of benzene rings is 2. The predicted octanol–water partition coefficient (Wildman–Crippen LogP) is 2.85. The predicted molar refractivity (Wildman–Crippen MR) is 62.2 cm³/mol. The third-order valence-corrected chi connectivity index (χ3v) is 2.91. The number of fused-ring (bicyclic) bond motifs is 1. The third kappa shape index (κ3) is 1.54. The Hall–Kier alpha value is -2.36. The molecule has 2 aromatic carbocycles. The molecule has 1 heterocycles. The molecule has 3 nitrogen and oxygen atoms in total. The molecule has 0 radical (unpaired) electrons. The Morgan fingerprint density at radius 3 is 2.50 bits per heavy atom. The van der Waals surface area contributed by atoms with Gasteiger partial charge in [0.25, 0.3) is 0 Å². The van der Waals surface area contributed by atoms with Crippen LogP contribution in [0.3, 0.4) is 0 Å². The summed E-state index contributed by atoms with van der Waals surface area (Å²) in [7, 11) is 0. The summed E-state index contributed by atoms with van der Waals surface area (Å²) in [5, 5.41) is 9.65. The minimum Gasteiger partial charge on any atom is -0.507 e. The van der Waals surface area contributed by atoms with Crippen LogP contribution >= 0.6 is 0 Å². The minimum absolute atomic E-state index is 0.0953. The van der Waals surface area contributed by atoms with Crippen molar-refractivity contribution in [1.29, 1.82) is 0 Å². The molecule has 0 aliphatic carbocycles. The van der Waals surface area contributed by atoms with Gasteiger partial charge in [-0.05, 0) is 24.3 Å². The zero-order valence-corrected chi connectivity index (χ0v) is 9.26. The third-order valence-electron chi connectivity index (χ3n) is 2.91. The van der Waals surface area contributed by atoms with Crippen LogP contribution in [0.4, 0.5) is 4.39 Å². The fraction of sp³-hybridized carbons (Fsp3) is 0.0714. The first kappa shape index (κ1) is 10.8. The van der Waals surface area contributed by atoms with Crippen molar-refractivity contribution in [1.82, 2.24) is 0 Å². The fourth-order valence-corrected chi connectivity index (χ4v) is 2.03. The second-order valence-corrected chi connectivity index (χ2v) is 4.06. The number of carbonyl (C=O) groups excluding carboxylic acids is 1. The number of carbonyl (C=O) groups is 1. The molecule has 1 aliphatic heterocycles. The van der Waals surface area contributed by atoms with Gasteiger partial charge in [-0.15, -0.1) is 0 Å². The van der Waals surface area contributed by atoms with E-state index in [0.717, 1.165) is 0 Å². The van der Waals surface area contributed by atoms with E-state index in [-0.39, 0.29) is 22.9 Å². The standard InChI is InChI=1S/C14H9FO3/c15-9-6-4-8(5-7-9)14-13(17)12-10(16)2-1-3-11(12)18-14/h1-7,14,16H. The highest BCUT2D eigenvalue weighted by Crippen LogP contribution is 2.40. The Labute approximate surface area is 102 Å². The lowest BCUT2D eigenvalue weighted by molar-refractivity contribution is 0.0856. The van der Waals surface area contributed by atoms with Crippen molar-refractivity contribution in [2.45, 2.75) is 6.10 Å². The van der Waals surface area contributed by atoms with Gasteiger partial charge in [-0.1, -0.05) is 18.2 Å². The van der Waals surface area contributed by atoms with Crippen molar-refractivity contribution in [3.63, 3.8) is 0 Å². The molecular weight excluding hydrogens is 235 g/mol.